The molecule has 120 valence electrons. The Balaban J connectivity index is 2.24. The molecule has 22 heavy (non-hydrogen) atoms. The van der Waals surface area contributed by atoms with Crippen LogP contribution in [0.4, 0.5) is 10.5 Å². The van der Waals surface area contributed by atoms with E-state index in [9.17, 15) is 9.59 Å². The Hall–Kier alpha value is -1.75. The lowest BCUT2D eigenvalue weighted by Gasteiger charge is -2.31. The Morgan fingerprint density at radius 1 is 1.32 bits per heavy atom. The summed E-state index contributed by atoms with van der Waals surface area (Å²) in [5, 5.41) is 0. The van der Waals surface area contributed by atoms with Gasteiger partial charge in [0.1, 0.15) is 5.60 Å². The molecular weight excluding hydrogens is 306 g/mol. The number of anilines is 1. The zero-order valence-electron chi connectivity index (χ0n) is 13.0. The predicted octanol–water partition coefficient (Wildman–Crippen LogP) is 3.73. The first-order valence-electron chi connectivity index (χ1n) is 7.18. The van der Waals surface area contributed by atoms with Crippen molar-refractivity contribution >= 4 is 29.4 Å². The van der Waals surface area contributed by atoms with E-state index in [1.54, 1.807) is 23.1 Å². The molecule has 5 nitrogen and oxygen atoms in total. The number of esters is 1. The van der Waals surface area contributed by atoms with Crippen molar-refractivity contribution in [2.45, 2.75) is 39.2 Å². The van der Waals surface area contributed by atoms with Crippen LogP contribution in [0, 0.1) is 0 Å². The number of fused-ring (bicyclic) bond motifs is 1. The number of ether oxygens (including phenoxy) is 2. The Bertz CT molecular complexity index is 580. The number of rotatable bonds is 2. The zero-order chi connectivity index (χ0) is 16.3. The van der Waals surface area contributed by atoms with E-state index < -0.39 is 11.6 Å². The molecule has 1 aromatic carbocycles. The van der Waals surface area contributed by atoms with Crippen molar-refractivity contribution in [1.29, 1.82) is 0 Å². The number of hydrogen-bond acceptors (Lipinski definition) is 4. The number of aryl methyl sites for hydroxylation is 1. The second-order valence-electron chi connectivity index (χ2n) is 6.12. The molecular formula is C16H20ClNO4. The zero-order valence-corrected chi connectivity index (χ0v) is 13.8. The molecule has 1 aliphatic heterocycles. The molecule has 0 saturated carbocycles. The largest absolute Gasteiger partial charge is 0.446 e. The Morgan fingerprint density at radius 3 is 2.68 bits per heavy atom. The number of halogens is 1. The van der Waals surface area contributed by atoms with Crippen molar-refractivity contribution in [3.63, 3.8) is 0 Å². The van der Waals surface area contributed by atoms with Crippen LogP contribution in [0.25, 0.3) is 0 Å². The SMILES string of the molecule is CC(C)(C)OC(=O)N1CCCc2cc(C(=O)OCCl)ccc21. The number of alkyl halides is 1. The highest BCUT2D eigenvalue weighted by Gasteiger charge is 2.27. The number of carbonyl (C=O) groups is 2. The van der Waals surface area contributed by atoms with Crippen LogP contribution in [0.15, 0.2) is 18.2 Å². The fourth-order valence-electron chi connectivity index (χ4n) is 2.36. The van der Waals surface area contributed by atoms with Crippen molar-refractivity contribution in [3.05, 3.63) is 29.3 Å². The number of amides is 1. The van der Waals surface area contributed by atoms with Gasteiger partial charge in [-0.2, -0.15) is 0 Å². The quantitative estimate of drug-likeness (QED) is 0.614. The highest BCUT2D eigenvalue weighted by molar-refractivity contribution is 6.17. The van der Waals surface area contributed by atoms with E-state index in [2.05, 4.69) is 0 Å². The van der Waals surface area contributed by atoms with Crippen LogP contribution in [0.2, 0.25) is 0 Å². The van der Waals surface area contributed by atoms with Crippen LogP contribution in [-0.4, -0.2) is 30.3 Å². The molecule has 0 aliphatic carbocycles. The maximum Gasteiger partial charge on any atom is 0.414 e. The van der Waals surface area contributed by atoms with Gasteiger partial charge in [-0.1, -0.05) is 11.6 Å². The Kier molecular flexibility index (Phi) is 4.96. The molecule has 1 heterocycles. The van der Waals surface area contributed by atoms with Gasteiger partial charge in [0.2, 0.25) is 0 Å². The minimum Gasteiger partial charge on any atom is -0.446 e. The molecule has 0 fully saturated rings. The second kappa shape index (κ2) is 6.57. The lowest BCUT2D eigenvalue weighted by Crippen LogP contribution is -2.39. The summed E-state index contributed by atoms with van der Waals surface area (Å²) < 4.78 is 10.2. The number of carbonyl (C=O) groups excluding carboxylic acids is 2. The van der Waals surface area contributed by atoms with Crippen LogP contribution < -0.4 is 4.90 Å². The van der Waals surface area contributed by atoms with E-state index >= 15 is 0 Å². The molecule has 1 aliphatic rings. The number of nitrogens with zero attached hydrogens (tertiary/aromatic N) is 1. The van der Waals surface area contributed by atoms with E-state index in [0.717, 1.165) is 24.1 Å². The van der Waals surface area contributed by atoms with Gasteiger partial charge in [0, 0.05) is 6.54 Å². The molecule has 0 radical (unpaired) electrons. The Labute approximate surface area is 135 Å². The standard InChI is InChI=1S/C16H20ClNO4/c1-16(2,3)22-15(20)18-8-4-5-11-9-12(6-7-13(11)18)14(19)21-10-17/h6-7,9H,4-5,8,10H2,1-3H3. The molecule has 2 rings (SSSR count). The molecule has 6 heteroatoms. The Morgan fingerprint density at radius 2 is 2.05 bits per heavy atom. The van der Waals surface area contributed by atoms with Gasteiger partial charge in [0.15, 0.2) is 6.07 Å². The number of hydrogen-bond donors (Lipinski definition) is 0. The third-order valence-corrected chi connectivity index (χ3v) is 3.34. The summed E-state index contributed by atoms with van der Waals surface area (Å²) in [7, 11) is 0. The van der Waals surface area contributed by atoms with Crippen molar-refractivity contribution in [2.75, 3.05) is 17.5 Å². The van der Waals surface area contributed by atoms with Crippen molar-refractivity contribution in [1.82, 2.24) is 0 Å². The minimum atomic E-state index is -0.543. The average molecular weight is 326 g/mol. The number of benzene rings is 1. The fourth-order valence-corrected chi connectivity index (χ4v) is 2.46. The molecule has 0 bridgehead atoms. The van der Waals surface area contributed by atoms with Gasteiger partial charge in [-0.15, -0.1) is 0 Å². The van der Waals surface area contributed by atoms with Crippen LogP contribution in [-0.2, 0) is 15.9 Å². The molecule has 0 saturated heterocycles. The van der Waals surface area contributed by atoms with Gasteiger partial charge < -0.3 is 9.47 Å². The van der Waals surface area contributed by atoms with Crippen LogP contribution in [0.3, 0.4) is 0 Å². The van der Waals surface area contributed by atoms with Gasteiger partial charge in [-0.25, -0.2) is 9.59 Å². The van der Waals surface area contributed by atoms with Crippen molar-refractivity contribution in [3.8, 4) is 0 Å². The molecule has 0 spiro atoms. The first-order valence-corrected chi connectivity index (χ1v) is 7.72. The van der Waals surface area contributed by atoms with Gasteiger partial charge in [0.05, 0.1) is 11.3 Å². The van der Waals surface area contributed by atoms with E-state index in [4.69, 9.17) is 21.1 Å². The van der Waals surface area contributed by atoms with Gasteiger partial charge >= 0.3 is 12.1 Å². The van der Waals surface area contributed by atoms with E-state index in [0.29, 0.717) is 12.1 Å². The summed E-state index contributed by atoms with van der Waals surface area (Å²) >= 11 is 5.40. The second-order valence-corrected chi connectivity index (χ2v) is 6.34. The van der Waals surface area contributed by atoms with Crippen LogP contribution in [0.1, 0.15) is 43.1 Å². The third-order valence-electron chi connectivity index (χ3n) is 3.23. The molecule has 1 amide bonds. The summed E-state index contributed by atoms with van der Waals surface area (Å²) in [6.07, 6.45) is 1.25. The van der Waals surface area contributed by atoms with E-state index in [1.165, 1.54) is 0 Å². The first-order chi connectivity index (χ1) is 10.3. The van der Waals surface area contributed by atoms with Gasteiger partial charge in [-0.3, -0.25) is 4.90 Å². The van der Waals surface area contributed by atoms with Gasteiger partial charge in [-0.05, 0) is 57.4 Å². The van der Waals surface area contributed by atoms with Gasteiger partial charge in [0.25, 0.3) is 0 Å². The van der Waals surface area contributed by atoms with Crippen molar-refractivity contribution < 1.29 is 19.1 Å². The molecule has 0 unspecified atom stereocenters. The molecule has 1 aromatic rings. The fraction of sp³-hybridized carbons (Fsp3) is 0.500. The summed E-state index contributed by atoms with van der Waals surface area (Å²) in [6.45, 7) is 6.11. The summed E-state index contributed by atoms with van der Waals surface area (Å²) in [6, 6.07) is 4.96. The highest BCUT2D eigenvalue weighted by atomic mass is 35.5. The molecule has 0 N–H and O–H groups in total. The normalized spacial score (nSPS) is 14.3. The monoisotopic (exact) mass is 325 g/mol. The van der Waals surface area contributed by atoms with E-state index in [-0.39, 0.29) is 12.2 Å². The highest BCUT2D eigenvalue weighted by Crippen LogP contribution is 2.29. The smallest absolute Gasteiger partial charge is 0.414 e. The first kappa shape index (κ1) is 16.6. The lowest BCUT2D eigenvalue weighted by atomic mass is 9.99. The summed E-state index contributed by atoms with van der Waals surface area (Å²) in [4.78, 5) is 25.6. The summed E-state index contributed by atoms with van der Waals surface area (Å²) in [5.41, 5.74) is 1.60. The van der Waals surface area contributed by atoms with Crippen LogP contribution >= 0.6 is 11.6 Å². The summed E-state index contributed by atoms with van der Waals surface area (Å²) in [5.74, 6) is -0.466. The lowest BCUT2D eigenvalue weighted by molar-refractivity contribution is 0.0568. The maximum atomic E-state index is 12.3. The topological polar surface area (TPSA) is 55.8 Å². The predicted molar refractivity (Wildman–Crippen MR) is 84.5 cm³/mol. The molecule has 0 atom stereocenters. The van der Waals surface area contributed by atoms with E-state index in [1.807, 2.05) is 20.8 Å². The third kappa shape index (κ3) is 3.91. The minimum absolute atomic E-state index is 0.181. The van der Waals surface area contributed by atoms with Crippen molar-refractivity contribution in [2.24, 2.45) is 0 Å². The van der Waals surface area contributed by atoms with Crippen LogP contribution in [0.5, 0.6) is 0 Å². The maximum absolute atomic E-state index is 12.3. The molecule has 0 aromatic heterocycles. The average Bonchev–Trinajstić information content (AvgIpc) is 2.44.